The van der Waals surface area contributed by atoms with E-state index in [4.69, 9.17) is 0 Å². The monoisotopic (exact) mass is 326 g/mol. The predicted molar refractivity (Wildman–Crippen MR) is 77.9 cm³/mol. The van der Waals surface area contributed by atoms with Gasteiger partial charge >= 0.3 is 0 Å². The van der Waals surface area contributed by atoms with Gasteiger partial charge in [-0.3, -0.25) is 9.52 Å². The summed E-state index contributed by atoms with van der Waals surface area (Å²) < 4.78 is 53.1. The van der Waals surface area contributed by atoms with E-state index in [2.05, 4.69) is 5.32 Å². The zero-order valence-electron chi connectivity index (χ0n) is 11.4. The zero-order chi connectivity index (χ0) is 16.3. The number of benzene rings is 2. The molecule has 0 heterocycles. The first-order valence-corrected chi connectivity index (χ1v) is 7.62. The van der Waals surface area contributed by atoms with Crippen LogP contribution in [0.1, 0.15) is 6.92 Å². The Morgan fingerprint density at radius 3 is 2.45 bits per heavy atom. The molecule has 0 spiro atoms. The predicted octanol–water partition coefficient (Wildman–Crippen LogP) is 2.72. The lowest BCUT2D eigenvalue weighted by molar-refractivity contribution is -0.114. The number of hydrogen-bond donors (Lipinski definition) is 2. The molecule has 0 aromatic heterocycles. The molecule has 1 amide bonds. The van der Waals surface area contributed by atoms with Crippen LogP contribution in [0.2, 0.25) is 0 Å². The Hall–Kier alpha value is -2.48. The minimum Gasteiger partial charge on any atom is -0.326 e. The number of anilines is 2. The van der Waals surface area contributed by atoms with Gasteiger partial charge in [0.05, 0.1) is 10.6 Å². The summed E-state index contributed by atoms with van der Waals surface area (Å²) in [4.78, 5) is 10.6. The second-order valence-corrected chi connectivity index (χ2v) is 6.12. The summed E-state index contributed by atoms with van der Waals surface area (Å²) in [5.41, 5.74) is -0.124. The molecule has 0 aliphatic carbocycles. The fourth-order valence-corrected chi connectivity index (χ4v) is 2.81. The molecular weight excluding hydrogens is 314 g/mol. The normalized spacial score (nSPS) is 11.0. The fourth-order valence-electron chi connectivity index (χ4n) is 1.72. The number of halogens is 2. The number of carbonyl (C=O) groups is 1. The Morgan fingerprint density at radius 1 is 1.09 bits per heavy atom. The second-order valence-electron chi connectivity index (χ2n) is 4.44. The number of hydrogen-bond acceptors (Lipinski definition) is 3. The summed E-state index contributed by atoms with van der Waals surface area (Å²) >= 11 is 0. The molecule has 8 heteroatoms. The molecule has 22 heavy (non-hydrogen) atoms. The van der Waals surface area contributed by atoms with Crippen LogP contribution >= 0.6 is 0 Å². The van der Waals surface area contributed by atoms with E-state index in [0.29, 0.717) is 0 Å². The minimum atomic E-state index is -4.15. The van der Waals surface area contributed by atoms with Crippen molar-refractivity contribution in [3.05, 3.63) is 54.1 Å². The number of nitrogens with one attached hydrogen (secondary N) is 2. The van der Waals surface area contributed by atoms with Gasteiger partial charge in [-0.05, 0) is 36.4 Å². The van der Waals surface area contributed by atoms with Crippen molar-refractivity contribution < 1.29 is 22.0 Å². The molecule has 2 aromatic carbocycles. The van der Waals surface area contributed by atoms with E-state index in [0.717, 1.165) is 24.3 Å². The molecule has 116 valence electrons. The lowest BCUT2D eigenvalue weighted by Gasteiger charge is -2.11. The highest BCUT2D eigenvalue weighted by molar-refractivity contribution is 7.92. The molecule has 0 aliphatic heterocycles. The maximum Gasteiger partial charge on any atom is 0.262 e. The molecule has 0 saturated carbocycles. The van der Waals surface area contributed by atoms with Crippen molar-refractivity contribution in [1.82, 2.24) is 0 Å². The van der Waals surface area contributed by atoms with Crippen molar-refractivity contribution in [3.8, 4) is 0 Å². The van der Waals surface area contributed by atoms with Crippen LogP contribution in [0.4, 0.5) is 20.2 Å². The van der Waals surface area contributed by atoms with Crippen LogP contribution in [0.15, 0.2) is 47.4 Å². The van der Waals surface area contributed by atoms with Gasteiger partial charge in [0.1, 0.15) is 11.6 Å². The van der Waals surface area contributed by atoms with Crippen molar-refractivity contribution in [3.63, 3.8) is 0 Å². The summed E-state index contributed by atoms with van der Waals surface area (Å²) in [7, 11) is -4.15. The number of sulfonamides is 1. The molecule has 0 unspecified atom stereocenters. The van der Waals surface area contributed by atoms with Crippen molar-refractivity contribution >= 4 is 27.3 Å². The highest BCUT2D eigenvalue weighted by Crippen LogP contribution is 2.23. The minimum absolute atomic E-state index is 0.228. The molecule has 0 saturated heterocycles. The third-order valence-electron chi connectivity index (χ3n) is 2.64. The smallest absolute Gasteiger partial charge is 0.262 e. The fraction of sp³-hybridized carbons (Fsp3) is 0.0714. The van der Waals surface area contributed by atoms with Crippen LogP contribution in [0.3, 0.4) is 0 Å². The van der Waals surface area contributed by atoms with Crippen LogP contribution in [0.25, 0.3) is 0 Å². The van der Waals surface area contributed by atoms with Gasteiger partial charge in [-0.15, -0.1) is 0 Å². The van der Waals surface area contributed by atoms with Gasteiger partial charge in [-0.2, -0.15) is 0 Å². The largest absolute Gasteiger partial charge is 0.326 e. The molecule has 0 bridgehead atoms. The van der Waals surface area contributed by atoms with Gasteiger partial charge in [0.2, 0.25) is 5.91 Å². The Morgan fingerprint density at radius 2 is 1.82 bits per heavy atom. The molecule has 0 atom stereocenters. The third-order valence-corrected chi connectivity index (χ3v) is 4.00. The first kappa shape index (κ1) is 15.9. The highest BCUT2D eigenvalue weighted by atomic mass is 32.2. The topological polar surface area (TPSA) is 75.3 Å². The third kappa shape index (κ3) is 3.79. The number of rotatable bonds is 4. The van der Waals surface area contributed by atoms with E-state index in [-0.39, 0.29) is 22.2 Å². The molecule has 5 nitrogen and oxygen atoms in total. The van der Waals surface area contributed by atoms with Gasteiger partial charge in [-0.25, -0.2) is 17.2 Å². The van der Waals surface area contributed by atoms with E-state index < -0.39 is 21.7 Å². The van der Waals surface area contributed by atoms with Gasteiger partial charge in [0.25, 0.3) is 10.0 Å². The highest BCUT2D eigenvalue weighted by Gasteiger charge is 2.17. The maximum absolute atomic E-state index is 13.7. The first-order valence-electron chi connectivity index (χ1n) is 6.13. The zero-order valence-corrected chi connectivity index (χ0v) is 12.2. The Labute approximate surface area is 126 Å². The lowest BCUT2D eigenvalue weighted by Crippen LogP contribution is -2.15. The average Bonchev–Trinajstić information content (AvgIpc) is 2.42. The maximum atomic E-state index is 13.7. The van der Waals surface area contributed by atoms with Crippen LogP contribution < -0.4 is 10.0 Å². The van der Waals surface area contributed by atoms with E-state index >= 15 is 0 Å². The second kappa shape index (κ2) is 6.10. The van der Waals surface area contributed by atoms with Crippen LogP contribution in [-0.2, 0) is 14.8 Å². The molecule has 2 rings (SSSR count). The number of amides is 1. The van der Waals surface area contributed by atoms with E-state index in [9.17, 15) is 22.0 Å². The van der Waals surface area contributed by atoms with Crippen molar-refractivity contribution in [1.29, 1.82) is 0 Å². The van der Waals surface area contributed by atoms with Crippen molar-refractivity contribution in [2.24, 2.45) is 0 Å². The van der Waals surface area contributed by atoms with Crippen molar-refractivity contribution in [2.45, 2.75) is 11.8 Å². The van der Waals surface area contributed by atoms with Crippen molar-refractivity contribution in [2.75, 3.05) is 10.0 Å². The molecule has 0 fully saturated rings. The van der Waals surface area contributed by atoms with E-state index in [1.54, 1.807) is 0 Å². The molecular formula is C14H12F2N2O3S. The van der Waals surface area contributed by atoms with Crippen LogP contribution in [0.5, 0.6) is 0 Å². The molecule has 0 radical (unpaired) electrons. The van der Waals surface area contributed by atoms with Gasteiger partial charge in [0.15, 0.2) is 0 Å². The summed E-state index contributed by atoms with van der Waals surface area (Å²) in [6.07, 6.45) is 0. The molecule has 2 aromatic rings. The standard InChI is InChI=1S/C14H12F2N2O3S/c1-9(19)17-11-5-6-13(16)14(8-11)18-22(20,21)12-4-2-3-10(15)7-12/h2-8,18H,1H3,(H,17,19). The van der Waals surface area contributed by atoms with Gasteiger partial charge < -0.3 is 5.32 Å². The summed E-state index contributed by atoms with van der Waals surface area (Å²) in [5, 5.41) is 2.41. The Balaban J connectivity index is 2.35. The van der Waals surface area contributed by atoms with Gasteiger partial charge in [-0.1, -0.05) is 6.07 Å². The average molecular weight is 326 g/mol. The lowest BCUT2D eigenvalue weighted by atomic mass is 10.2. The van der Waals surface area contributed by atoms with Crippen LogP contribution in [-0.4, -0.2) is 14.3 Å². The summed E-state index contributed by atoms with van der Waals surface area (Å²) in [6, 6.07) is 7.75. The van der Waals surface area contributed by atoms with Crippen LogP contribution in [0, 0.1) is 11.6 Å². The summed E-state index contributed by atoms with van der Waals surface area (Å²) in [5.74, 6) is -1.94. The Kier molecular flexibility index (Phi) is 4.41. The number of carbonyl (C=O) groups excluding carboxylic acids is 1. The first-order chi connectivity index (χ1) is 10.3. The van der Waals surface area contributed by atoms with Gasteiger partial charge in [0, 0.05) is 12.6 Å². The summed E-state index contributed by atoms with van der Waals surface area (Å²) in [6.45, 7) is 1.26. The molecule has 0 aliphatic rings. The van der Waals surface area contributed by atoms with E-state index in [1.807, 2.05) is 4.72 Å². The molecule has 2 N–H and O–H groups in total. The SMILES string of the molecule is CC(=O)Nc1ccc(F)c(NS(=O)(=O)c2cccc(F)c2)c1. The Bertz CT molecular complexity index is 823. The quantitative estimate of drug-likeness (QED) is 0.907. The van der Waals surface area contributed by atoms with E-state index in [1.165, 1.54) is 25.1 Å².